The molecule has 3 unspecified atom stereocenters. The molecule has 2 aliphatic rings. The van der Waals surface area contributed by atoms with E-state index in [0.29, 0.717) is 18.8 Å². The van der Waals surface area contributed by atoms with E-state index in [0.717, 1.165) is 51.6 Å². The number of benzene rings is 3. The van der Waals surface area contributed by atoms with Gasteiger partial charge in [0.15, 0.2) is 0 Å². The lowest BCUT2D eigenvalue weighted by Gasteiger charge is -2.50. The molecule has 3 atom stereocenters. The summed E-state index contributed by atoms with van der Waals surface area (Å²) in [5.74, 6) is 0.967. The Morgan fingerprint density at radius 2 is 1.44 bits per heavy atom. The van der Waals surface area contributed by atoms with Crippen LogP contribution in [0.25, 0.3) is 0 Å². The van der Waals surface area contributed by atoms with Crippen LogP contribution in [0.1, 0.15) is 69.6 Å². The van der Waals surface area contributed by atoms with Crippen molar-refractivity contribution in [2.75, 3.05) is 21.3 Å². The largest absolute Gasteiger partial charge is 0.496 e. The second-order valence-corrected chi connectivity index (χ2v) is 15.2. The lowest BCUT2D eigenvalue weighted by atomic mass is 9.58. The van der Waals surface area contributed by atoms with Gasteiger partial charge in [0, 0.05) is 22.1 Å². The first-order chi connectivity index (χ1) is 19.6. The van der Waals surface area contributed by atoms with Crippen LogP contribution >= 0.6 is 7.49 Å². The van der Waals surface area contributed by atoms with Crippen molar-refractivity contribution in [1.82, 2.24) is 0 Å². The Bertz CT molecular complexity index is 1390. The van der Waals surface area contributed by atoms with Gasteiger partial charge in [-0.15, -0.1) is 0 Å². The van der Waals surface area contributed by atoms with Crippen molar-refractivity contribution in [3.63, 3.8) is 0 Å². The van der Waals surface area contributed by atoms with E-state index >= 15 is 0 Å². The fourth-order valence-corrected chi connectivity index (χ4v) is 11.1. The summed E-state index contributed by atoms with van der Waals surface area (Å²) in [6.07, 6.45) is 2.61. The van der Waals surface area contributed by atoms with Crippen molar-refractivity contribution in [1.29, 1.82) is 0 Å². The number of rotatable bonds is 8. The van der Waals surface area contributed by atoms with Crippen LogP contribution in [0.2, 0.25) is 0 Å². The van der Waals surface area contributed by atoms with E-state index in [-0.39, 0.29) is 5.41 Å². The SMILES string of the molecule is COc1cc(C(C)C)c(OC)c2c1C1(C)CCC(O)(C(O)[P+](OC)(c3ccccc3)c3ccccc3)C(C)=C1CC2. The molecule has 3 aromatic carbocycles. The molecule has 0 radical (unpaired) electrons. The topological polar surface area (TPSA) is 68.2 Å². The molecule has 0 aliphatic heterocycles. The number of fused-ring (bicyclic) bond motifs is 3. The van der Waals surface area contributed by atoms with Gasteiger partial charge >= 0.3 is 0 Å². The van der Waals surface area contributed by atoms with Crippen LogP contribution in [0.15, 0.2) is 77.9 Å². The van der Waals surface area contributed by atoms with Gasteiger partial charge in [0.05, 0.1) is 21.3 Å². The summed E-state index contributed by atoms with van der Waals surface area (Å²) in [7, 11) is 2.26. The van der Waals surface area contributed by atoms with Gasteiger partial charge in [-0.25, -0.2) is 4.52 Å². The maximum atomic E-state index is 12.6. The molecule has 2 aliphatic carbocycles. The monoisotopic (exact) mass is 575 g/mol. The zero-order valence-electron chi connectivity index (χ0n) is 25.4. The molecule has 0 spiro atoms. The third-order valence-corrected chi connectivity index (χ3v) is 13.5. The van der Waals surface area contributed by atoms with Gasteiger partial charge in [-0.3, -0.25) is 0 Å². The molecule has 0 saturated heterocycles. The number of aliphatic hydroxyl groups excluding tert-OH is 1. The van der Waals surface area contributed by atoms with Crippen LogP contribution in [-0.2, 0) is 16.4 Å². The number of aliphatic hydroxyl groups is 2. The molecule has 0 aromatic heterocycles. The van der Waals surface area contributed by atoms with Gasteiger partial charge < -0.3 is 19.7 Å². The number of hydrogen-bond acceptors (Lipinski definition) is 5. The third-order valence-electron chi connectivity index (χ3n) is 9.71. The minimum Gasteiger partial charge on any atom is -0.496 e. The predicted octanol–water partition coefficient (Wildman–Crippen LogP) is 6.42. The van der Waals surface area contributed by atoms with Crippen molar-refractivity contribution in [3.05, 3.63) is 94.6 Å². The second kappa shape index (κ2) is 11.2. The predicted molar refractivity (Wildman–Crippen MR) is 168 cm³/mol. The van der Waals surface area contributed by atoms with E-state index in [1.807, 2.05) is 67.6 Å². The van der Waals surface area contributed by atoms with Gasteiger partial charge in [0.25, 0.3) is 0 Å². The molecule has 3 aromatic rings. The summed E-state index contributed by atoms with van der Waals surface area (Å²) < 4.78 is 18.5. The lowest BCUT2D eigenvalue weighted by Crippen LogP contribution is -2.54. The molecule has 0 fully saturated rings. The Labute approximate surface area is 245 Å². The van der Waals surface area contributed by atoms with Gasteiger partial charge in [-0.1, -0.05) is 62.7 Å². The number of allylic oxidation sites excluding steroid dienone is 1. The summed E-state index contributed by atoms with van der Waals surface area (Å²) >= 11 is 0. The molecule has 41 heavy (non-hydrogen) atoms. The Balaban J connectivity index is 1.70. The normalized spacial score (nSPS) is 23.2. The van der Waals surface area contributed by atoms with Crippen LogP contribution < -0.4 is 20.1 Å². The summed E-state index contributed by atoms with van der Waals surface area (Å²) in [5.41, 5.74) is 3.70. The van der Waals surface area contributed by atoms with Crippen molar-refractivity contribution in [2.24, 2.45) is 0 Å². The van der Waals surface area contributed by atoms with Crippen molar-refractivity contribution >= 4 is 18.1 Å². The van der Waals surface area contributed by atoms with Gasteiger partial charge in [-0.05, 0) is 74.4 Å². The number of methoxy groups -OCH3 is 2. The molecule has 2 N–H and O–H groups in total. The van der Waals surface area contributed by atoms with E-state index in [9.17, 15) is 10.2 Å². The Morgan fingerprint density at radius 3 is 1.93 bits per heavy atom. The molecular formula is C35H44O5P+. The lowest BCUT2D eigenvalue weighted by molar-refractivity contribution is -0.0283. The third kappa shape index (κ3) is 4.44. The fraction of sp³-hybridized carbons (Fsp3) is 0.429. The molecule has 218 valence electrons. The summed E-state index contributed by atoms with van der Waals surface area (Å²) in [4.78, 5) is 0. The van der Waals surface area contributed by atoms with Crippen LogP contribution in [0.4, 0.5) is 0 Å². The van der Waals surface area contributed by atoms with E-state index < -0.39 is 18.9 Å². The maximum Gasteiger partial charge on any atom is 0.242 e. The molecular weight excluding hydrogens is 531 g/mol. The minimum absolute atomic E-state index is 0.296. The van der Waals surface area contributed by atoms with Crippen molar-refractivity contribution in [2.45, 2.75) is 76.2 Å². The standard InChI is InChI=1S/C35H44O5P/c1-23(2)28-22-30(38-5)31-27(32(28)39-6)18-19-29-24(3)35(37,21-20-34(29,31)4)33(36)41(40-7,25-14-10-8-11-15-25)26-16-12-9-13-17-26/h8-17,22-23,33,36-37H,18-21H2,1-7H3/q+1. The van der Waals surface area contributed by atoms with Crippen LogP contribution in [0, 0.1) is 0 Å². The molecule has 0 amide bonds. The zero-order chi connectivity index (χ0) is 29.6. The smallest absolute Gasteiger partial charge is 0.242 e. The van der Waals surface area contributed by atoms with Gasteiger partial charge in [0.1, 0.15) is 27.7 Å². The molecule has 0 saturated carbocycles. The first kappa shape index (κ1) is 29.8. The van der Waals surface area contributed by atoms with Gasteiger partial charge in [0.2, 0.25) is 13.3 Å². The quantitative estimate of drug-likeness (QED) is 0.240. The fourth-order valence-electron chi connectivity index (χ4n) is 7.50. The van der Waals surface area contributed by atoms with Crippen molar-refractivity contribution in [3.8, 4) is 11.5 Å². The van der Waals surface area contributed by atoms with E-state index in [1.54, 1.807) is 21.3 Å². The molecule has 6 heteroatoms. The maximum absolute atomic E-state index is 12.6. The number of hydrogen-bond donors (Lipinski definition) is 2. The molecule has 5 nitrogen and oxygen atoms in total. The first-order valence-electron chi connectivity index (χ1n) is 14.5. The van der Waals surface area contributed by atoms with Crippen LogP contribution in [0.3, 0.4) is 0 Å². The summed E-state index contributed by atoms with van der Waals surface area (Å²) in [6.45, 7) is 8.63. The van der Waals surface area contributed by atoms with E-state index in [4.69, 9.17) is 14.0 Å². The summed E-state index contributed by atoms with van der Waals surface area (Å²) in [6, 6.07) is 22.0. The molecule has 0 heterocycles. The Hall–Kier alpha value is -2.69. The highest BCUT2D eigenvalue weighted by atomic mass is 31.2. The number of ether oxygens (including phenoxy) is 2. The minimum atomic E-state index is -2.90. The Morgan fingerprint density at radius 1 is 0.854 bits per heavy atom. The van der Waals surface area contributed by atoms with E-state index in [1.165, 1.54) is 11.1 Å². The average molecular weight is 576 g/mol. The summed E-state index contributed by atoms with van der Waals surface area (Å²) in [5, 5.41) is 26.9. The van der Waals surface area contributed by atoms with Gasteiger partial charge in [-0.2, -0.15) is 0 Å². The Kier molecular flexibility index (Phi) is 8.13. The van der Waals surface area contributed by atoms with Crippen molar-refractivity contribution < 1.29 is 24.2 Å². The highest BCUT2D eigenvalue weighted by Crippen LogP contribution is 2.67. The second-order valence-electron chi connectivity index (χ2n) is 12.0. The van der Waals surface area contributed by atoms with E-state index in [2.05, 4.69) is 26.8 Å². The van der Waals surface area contributed by atoms with Crippen LogP contribution in [0.5, 0.6) is 11.5 Å². The first-order valence-corrected chi connectivity index (χ1v) is 16.3. The van der Waals surface area contributed by atoms with Crippen LogP contribution in [-0.4, -0.2) is 43.0 Å². The molecule has 0 bridgehead atoms. The highest BCUT2D eigenvalue weighted by molar-refractivity contribution is 7.85. The molecule has 5 rings (SSSR count). The highest BCUT2D eigenvalue weighted by Gasteiger charge is 2.63. The average Bonchev–Trinajstić information content (AvgIpc) is 3.00. The zero-order valence-corrected chi connectivity index (χ0v) is 26.3.